The number of nitrogens with zero attached hydrogens (tertiary/aromatic N) is 1. The molecule has 1 aliphatic rings. The van der Waals surface area contributed by atoms with Gasteiger partial charge in [0.25, 0.3) is 0 Å². The molecule has 1 aromatic rings. The van der Waals surface area contributed by atoms with Gasteiger partial charge in [0.15, 0.2) is 0 Å². The van der Waals surface area contributed by atoms with Gasteiger partial charge >= 0.3 is 5.97 Å². The van der Waals surface area contributed by atoms with Crippen molar-refractivity contribution in [3.63, 3.8) is 0 Å². The van der Waals surface area contributed by atoms with Crippen LogP contribution in [0.15, 0.2) is 18.2 Å². The number of benzene rings is 1. The maximum Gasteiger partial charge on any atom is 0.337 e. The van der Waals surface area contributed by atoms with E-state index in [0.717, 1.165) is 0 Å². The van der Waals surface area contributed by atoms with E-state index in [2.05, 4.69) is 10.7 Å². The van der Waals surface area contributed by atoms with E-state index in [0.29, 0.717) is 30.0 Å². The predicted molar refractivity (Wildman–Crippen MR) is 73.6 cm³/mol. The summed E-state index contributed by atoms with van der Waals surface area (Å²) < 4.78 is 9.91. The first-order valence-electron chi connectivity index (χ1n) is 6.13. The van der Waals surface area contributed by atoms with Gasteiger partial charge < -0.3 is 14.4 Å². The summed E-state index contributed by atoms with van der Waals surface area (Å²) >= 11 is 0. The van der Waals surface area contributed by atoms with Crippen molar-refractivity contribution in [2.75, 3.05) is 25.7 Å². The summed E-state index contributed by atoms with van der Waals surface area (Å²) in [5.74, 6) is 2.45. The van der Waals surface area contributed by atoms with Crippen LogP contribution in [0, 0.1) is 18.3 Å². The number of methoxy groups -OCH3 is 2. The SMILES string of the molecule is C#CC1CC(=O)N(c2ccc(C(=O)OC)cc2OC)C1. The van der Waals surface area contributed by atoms with E-state index in [1.807, 2.05) is 0 Å². The summed E-state index contributed by atoms with van der Waals surface area (Å²) in [6.07, 6.45) is 5.70. The zero-order valence-corrected chi connectivity index (χ0v) is 11.4. The van der Waals surface area contributed by atoms with Crippen molar-refractivity contribution < 1.29 is 19.1 Å². The van der Waals surface area contributed by atoms with Crippen LogP contribution in [-0.2, 0) is 9.53 Å². The van der Waals surface area contributed by atoms with Crippen molar-refractivity contribution in [1.82, 2.24) is 0 Å². The van der Waals surface area contributed by atoms with Gasteiger partial charge in [0.05, 0.1) is 25.5 Å². The van der Waals surface area contributed by atoms with Crippen LogP contribution in [-0.4, -0.2) is 32.6 Å². The minimum Gasteiger partial charge on any atom is -0.495 e. The fourth-order valence-corrected chi connectivity index (χ4v) is 2.20. The molecule has 1 heterocycles. The van der Waals surface area contributed by atoms with Crippen LogP contribution >= 0.6 is 0 Å². The molecule has 1 amide bonds. The first kappa shape index (κ1) is 13.9. The largest absolute Gasteiger partial charge is 0.495 e. The van der Waals surface area contributed by atoms with Crippen molar-refractivity contribution in [3.05, 3.63) is 23.8 Å². The Bertz CT molecular complexity index is 588. The van der Waals surface area contributed by atoms with Gasteiger partial charge in [0, 0.05) is 18.9 Å². The first-order chi connectivity index (χ1) is 9.60. The number of esters is 1. The van der Waals surface area contributed by atoms with Gasteiger partial charge in [0.2, 0.25) is 5.91 Å². The average molecular weight is 273 g/mol. The number of rotatable bonds is 3. The topological polar surface area (TPSA) is 55.8 Å². The third kappa shape index (κ3) is 2.45. The highest BCUT2D eigenvalue weighted by atomic mass is 16.5. The molecule has 0 N–H and O–H groups in total. The Kier molecular flexibility index (Phi) is 3.94. The fourth-order valence-electron chi connectivity index (χ4n) is 2.20. The average Bonchev–Trinajstić information content (AvgIpc) is 2.86. The zero-order valence-electron chi connectivity index (χ0n) is 11.4. The highest BCUT2D eigenvalue weighted by Gasteiger charge is 2.31. The number of amides is 1. The molecule has 1 fully saturated rings. The van der Waals surface area contributed by atoms with Crippen molar-refractivity contribution in [1.29, 1.82) is 0 Å². The Balaban J connectivity index is 2.36. The summed E-state index contributed by atoms with van der Waals surface area (Å²) in [4.78, 5) is 25.1. The van der Waals surface area contributed by atoms with Gasteiger partial charge in [0.1, 0.15) is 5.75 Å². The molecule has 104 valence electrons. The van der Waals surface area contributed by atoms with E-state index in [4.69, 9.17) is 11.2 Å². The molecule has 1 unspecified atom stereocenters. The smallest absolute Gasteiger partial charge is 0.337 e. The van der Waals surface area contributed by atoms with E-state index >= 15 is 0 Å². The molecule has 5 heteroatoms. The van der Waals surface area contributed by atoms with Crippen LogP contribution in [0.4, 0.5) is 5.69 Å². The number of hydrogen-bond donors (Lipinski definition) is 0. The molecule has 1 atom stereocenters. The summed E-state index contributed by atoms with van der Waals surface area (Å²) in [5.41, 5.74) is 0.983. The monoisotopic (exact) mass is 273 g/mol. The third-order valence-electron chi connectivity index (χ3n) is 3.25. The van der Waals surface area contributed by atoms with E-state index < -0.39 is 5.97 Å². The Hall–Kier alpha value is -2.48. The molecule has 2 rings (SSSR count). The molecule has 20 heavy (non-hydrogen) atoms. The lowest BCUT2D eigenvalue weighted by atomic mass is 10.1. The summed E-state index contributed by atoms with van der Waals surface area (Å²) in [5, 5.41) is 0. The molecule has 1 aliphatic heterocycles. The lowest BCUT2D eigenvalue weighted by Gasteiger charge is -2.19. The van der Waals surface area contributed by atoms with Crippen molar-refractivity contribution in [3.8, 4) is 18.1 Å². The molecule has 0 aromatic heterocycles. The lowest BCUT2D eigenvalue weighted by molar-refractivity contribution is -0.117. The standard InChI is InChI=1S/C15H15NO4/c1-4-10-7-14(17)16(9-10)12-6-5-11(15(18)20-3)8-13(12)19-2/h1,5-6,8,10H,7,9H2,2-3H3. The minimum absolute atomic E-state index is 0.0444. The number of terminal acetylenes is 1. The first-order valence-corrected chi connectivity index (χ1v) is 6.13. The van der Waals surface area contributed by atoms with Gasteiger partial charge in [-0.15, -0.1) is 12.3 Å². The van der Waals surface area contributed by atoms with Gasteiger partial charge in [-0.2, -0.15) is 0 Å². The number of carbonyl (C=O) groups is 2. The Labute approximate surface area is 117 Å². The molecule has 0 spiro atoms. The molecule has 5 nitrogen and oxygen atoms in total. The lowest BCUT2D eigenvalue weighted by Crippen LogP contribution is -2.25. The summed E-state index contributed by atoms with van der Waals surface area (Å²) in [6.45, 7) is 0.462. The van der Waals surface area contributed by atoms with Crippen molar-refractivity contribution >= 4 is 17.6 Å². The number of anilines is 1. The van der Waals surface area contributed by atoms with E-state index in [9.17, 15) is 9.59 Å². The van der Waals surface area contributed by atoms with Crippen molar-refractivity contribution in [2.24, 2.45) is 5.92 Å². The summed E-state index contributed by atoms with van der Waals surface area (Å²) in [7, 11) is 2.79. The Morgan fingerprint density at radius 1 is 1.45 bits per heavy atom. The van der Waals surface area contributed by atoms with Crippen LogP contribution in [0.3, 0.4) is 0 Å². The van der Waals surface area contributed by atoms with E-state index in [-0.39, 0.29) is 11.8 Å². The van der Waals surface area contributed by atoms with Crippen LogP contribution < -0.4 is 9.64 Å². The highest BCUT2D eigenvalue weighted by molar-refractivity contribution is 5.98. The third-order valence-corrected chi connectivity index (χ3v) is 3.25. The maximum atomic E-state index is 12.0. The Morgan fingerprint density at radius 3 is 2.75 bits per heavy atom. The van der Waals surface area contributed by atoms with Gasteiger partial charge in [-0.1, -0.05) is 0 Å². The van der Waals surface area contributed by atoms with Gasteiger partial charge in [-0.05, 0) is 18.2 Å². The molecular formula is C15H15NO4. The fraction of sp³-hybridized carbons (Fsp3) is 0.333. The molecule has 0 saturated carbocycles. The molecule has 1 saturated heterocycles. The molecule has 0 aliphatic carbocycles. The second-order valence-electron chi connectivity index (χ2n) is 4.45. The van der Waals surface area contributed by atoms with Gasteiger partial charge in [-0.25, -0.2) is 4.79 Å². The van der Waals surface area contributed by atoms with E-state index in [1.54, 1.807) is 23.1 Å². The second kappa shape index (κ2) is 5.66. The minimum atomic E-state index is -0.455. The van der Waals surface area contributed by atoms with Gasteiger partial charge in [-0.3, -0.25) is 4.79 Å². The van der Waals surface area contributed by atoms with Crippen LogP contribution in [0.5, 0.6) is 5.75 Å². The van der Waals surface area contributed by atoms with E-state index in [1.165, 1.54) is 14.2 Å². The number of ether oxygens (including phenoxy) is 2. The maximum absolute atomic E-state index is 12.0. The Morgan fingerprint density at radius 2 is 2.20 bits per heavy atom. The number of hydrogen-bond acceptors (Lipinski definition) is 4. The van der Waals surface area contributed by atoms with Crippen LogP contribution in [0.25, 0.3) is 0 Å². The molecular weight excluding hydrogens is 258 g/mol. The molecule has 0 bridgehead atoms. The highest BCUT2D eigenvalue weighted by Crippen LogP contribution is 2.33. The molecule has 0 radical (unpaired) electrons. The van der Waals surface area contributed by atoms with Crippen LogP contribution in [0.1, 0.15) is 16.8 Å². The van der Waals surface area contributed by atoms with Crippen LogP contribution in [0.2, 0.25) is 0 Å². The predicted octanol–water partition coefficient (Wildman–Crippen LogP) is 1.47. The number of carbonyl (C=O) groups excluding carboxylic acids is 2. The van der Waals surface area contributed by atoms with Crippen molar-refractivity contribution in [2.45, 2.75) is 6.42 Å². The second-order valence-corrected chi connectivity index (χ2v) is 4.45. The zero-order chi connectivity index (χ0) is 14.7. The normalized spacial score (nSPS) is 17.8. The summed E-state index contributed by atoms with van der Waals surface area (Å²) in [6, 6.07) is 4.82. The molecule has 1 aromatic carbocycles. The quantitative estimate of drug-likeness (QED) is 0.618.